The van der Waals surface area contributed by atoms with Crippen LogP contribution in [0, 0.1) is 0 Å². The second-order valence-corrected chi connectivity index (χ2v) is 2.82. The lowest BCUT2D eigenvalue weighted by Crippen LogP contribution is -1.98. The average molecular weight is 168 g/mol. The second-order valence-electron chi connectivity index (χ2n) is 2.41. The van der Waals surface area contributed by atoms with Crippen LogP contribution in [0.5, 0.6) is 5.75 Å². The van der Waals surface area contributed by atoms with Crippen molar-refractivity contribution in [3.8, 4) is 5.75 Å². The van der Waals surface area contributed by atoms with Gasteiger partial charge in [-0.15, -0.1) is 0 Å². The number of benzene rings is 1. The Labute approximate surface area is 70.2 Å². The fourth-order valence-electron chi connectivity index (χ4n) is 1.15. The van der Waals surface area contributed by atoms with E-state index in [1.807, 2.05) is 30.3 Å². The molecule has 0 saturated carbocycles. The molecule has 0 radical (unpaired) electrons. The maximum absolute atomic E-state index is 5.95. The topological polar surface area (TPSA) is 12.8 Å². The van der Waals surface area contributed by atoms with Gasteiger partial charge in [0.2, 0.25) is 0 Å². The molecule has 56 valence electrons. The lowest BCUT2D eigenvalue weighted by molar-refractivity contribution is 0.0939. The highest BCUT2D eigenvalue weighted by molar-refractivity contribution is 6.49. The number of hydrogen-bond acceptors (Lipinski definition) is 0. The molecule has 0 unspecified atom stereocenters. The number of aliphatic hydroxyl groups is 1. The second kappa shape index (κ2) is 2.59. The van der Waals surface area contributed by atoms with Gasteiger partial charge in [-0.1, -0.05) is 23.7 Å². The summed E-state index contributed by atoms with van der Waals surface area (Å²) in [6.45, 7) is 0.704. The normalized spacial score (nSPS) is 14.8. The van der Waals surface area contributed by atoms with Crippen molar-refractivity contribution in [1.29, 1.82) is 0 Å². The standard InChI is InChI=1S/C9H7ClO/c10-8-5-6-11-9-4-2-1-3-7(8)9/h1-5H,6H2/p+1. The molecule has 1 N–H and O–H groups in total. The van der Waals surface area contributed by atoms with Crippen LogP contribution in [0.2, 0.25) is 0 Å². The molecule has 1 aromatic rings. The SMILES string of the molecule is ClC1=CC[OH+]c2ccccc21. The van der Waals surface area contributed by atoms with Gasteiger partial charge in [-0.25, -0.2) is 0 Å². The Kier molecular flexibility index (Phi) is 1.59. The molecule has 0 spiro atoms. The van der Waals surface area contributed by atoms with E-state index in [-0.39, 0.29) is 0 Å². The number of aromatic hydroxyl groups is 1. The summed E-state index contributed by atoms with van der Waals surface area (Å²) in [5, 5.41) is 0.815. The summed E-state index contributed by atoms with van der Waals surface area (Å²) in [4.78, 5) is 0. The molecule has 0 fully saturated rings. The Morgan fingerprint density at radius 1 is 1.27 bits per heavy atom. The molecule has 0 bridgehead atoms. The third-order valence-corrected chi connectivity index (χ3v) is 2.05. The summed E-state index contributed by atoms with van der Waals surface area (Å²) in [7, 11) is 0. The van der Waals surface area contributed by atoms with E-state index in [9.17, 15) is 0 Å². The number of halogens is 1. The van der Waals surface area contributed by atoms with E-state index < -0.39 is 0 Å². The molecule has 0 aromatic heterocycles. The fraction of sp³-hybridized carbons (Fsp3) is 0.111. The van der Waals surface area contributed by atoms with Crippen molar-refractivity contribution in [2.75, 3.05) is 6.61 Å². The van der Waals surface area contributed by atoms with Crippen molar-refractivity contribution in [1.82, 2.24) is 0 Å². The van der Waals surface area contributed by atoms with E-state index >= 15 is 0 Å². The molecule has 0 aliphatic carbocycles. The number of rotatable bonds is 0. The van der Waals surface area contributed by atoms with Crippen molar-refractivity contribution in [3.63, 3.8) is 0 Å². The van der Waals surface area contributed by atoms with Gasteiger partial charge in [-0.3, -0.25) is 0 Å². The first kappa shape index (κ1) is 6.74. The first-order valence-electron chi connectivity index (χ1n) is 3.50. The number of hydrogen-bond donors (Lipinski definition) is 0. The third kappa shape index (κ3) is 1.12. The number of fused-ring (bicyclic) bond motifs is 1. The summed E-state index contributed by atoms with van der Waals surface area (Å²) >= 11 is 5.95. The smallest absolute Gasteiger partial charge is 0.263 e. The largest absolute Gasteiger partial charge is 0.579 e. The lowest BCUT2D eigenvalue weighted by Gasteiger charge is -2.10. The lowest BCUT2D eigenvalue weighted by atomic mass is 10.1. The van der Waals surface area contributed by atoms with E-state index in [0.717, 1.165) is 16.3 Å². The van der Waals surface area contributed by atoms with Crippen molar-refractivity contribution < 1.29 is 4.74 Å². The summed E-state index contributed by atoms with van der Waals surface area (Å²) in [5.41, 5.74) is 1.04. The van der Waals surface area contributed by atoms with Crippen LogP contribution >= 0.6 is 11.6 Å². The minimum absolute atomic E-state index is 0.704. The molecule has 0 atom stereocenters. The highest BCUT2D eigenvalue weighted by atomic mass is 35.5. The van der Waals surface area contributed by atoms with Crippen molar-refractivity contribution in [3.05, 3.63) is 35.9 Å². The van der Waals surface area contributed by atoms with Crippen LogP contribution in [0.25, 0.3) is 5.03 Å². The Bertz CT molecular complexity index is 304. The summed E-state index contributed by atoms with van der Waals surface area (Å²) < 4.78 is 4.28. The van der Waals surface area contributed by atoms with Crippen LogP contribution < -0.4 is 0 Å². The third-order valence-electron chi connectivity index (χ3n) is 1.69. The first-order valence-corrected chi connectivity index (χ1v) is 3.88. The molecule has 2 rings (SSSR count). The van der Waals surface area contributed by atoms with Crippen LogP contribution in [0.3, 0.4) is 0 Å². The van der Waals surface area contributed by atoms with Crippen LogP contribution in [0.15, 0.2) is 30.3 Å². The van der Waals surface area contributed by atoms with Crippen LogP contribution in [-0.2, 0) is 0 Å². The average Bonchev–Trinajstić information content (AvgIpc) is 2.06. The van der Waals surface area contributed by atoms with Crippen molar-refractivity contribution in [2.24, 2.45) is 0 Å². The summed E-state index contributed by atoms with van der Waals surface area (Å²) in [5.74, 6) is 1.00. The van der Waals surface area contributed by atoms with E-state index in [2.05, 4.69) is 4.74 Å². The fourth-order valence-corrected chi connectivity index (χ4v) is 1.38. The zero-order valence-electron chi connectivity index (χ0n) is 5.92. The highest BCUT2D eigenvalue weighted by Gasteiger charge is 2.14. The number of para-hydroxylation sites is 1. The van der Waals surface area contributed by atoms with E-state index in [1.54, 1.807) is 0 Å². The Hall–Kier alpha value is -0.950. The summed E-state index contributed by atoms with van der Waals surface area (Å²) in [6, 6.07) is 7.90. The van der Waals surface area contributed by atoms with Crippen molar-refractivity contribution >= 4 is 16.6 Å². The monoisotopic (exact) mass is 167 g/mol. The van der Waals surface area contributed by atoms with E-state index in [4.69, 9.17) is 11.6 Å². The molecular weight excluding hydrogens is 160 g/mol. The van der Waals surface area contributed by atoms with Gasteiger partial charge in [0, 0.05) is 12.1 Å². The van der Waals surface area contributed by atoms with E-state index in [0.29, 0.717) is 6.61 Å². The molecule has 2 heteroatoms. The minimum Gasteiger partial charge on any atom is -0.579 e. The number of ether oxygens (including phenoxy) is 1. The predicted molar refractivity (Wildman–Crippen MR) is 46.8 cm³/mol. The molecule has 11 heavy (non-hydrogen) atoms. The van der Waals surface area contributed by atoms with Crippen LogP contribution in [0.4, 0.5) is 0 Å². The molecule has 1 heterocycles. The highest BCUT2D eigenvalue weighted by Crippen LogP contribution is 2.32. The molecule has 0 saturated heterocycles. The van der Waals surface area contributed by atoms with Gasteiger partial charge in [0.05, 0.1) is 10.6 Å². The quantitative estimate of drug-likeness (QED) is 0.527. The molecule has 1 aromatic carbocycles. The molecular formula is C9H8ClO+. The zero-order valence-corrected chi connectivity index (χ0v) is 6.67. The predicted octanol–water partition coefficient (Wildman–Crippen LogP) is 2.52. The van der Waals surface area contributed by atoms with Gasteiger partial charge in [-0.05, 0) is 6.07 Å². The van der Waals surface area contributed by atoms with Gasteiger partial charge in [0.1, 0.15) is 0 Å². The molecule has 1 aliphatic rings. The van der Waals surface area contributed by atoms with Gasteiger partial charge < -0.3 is 4.74 Å². The first-order chi connectivity index (χ1) is 5.38. The summed E-state index contributed by atoms with van der Waals surface area (Å²) in [6.07, 6.45) is 1.92. The van der Waals surface area contributed by atoms with Crippen molar-refractivity contribution in [2.45, 2.75) is 0 Å². The van der Waals surface area contributed by atoms with Gasteiger partial charge in [-0.2, -0.15) is 0 Å². The molecule has 0 amide bonds. The Morgan fingerprint density at radius 3 is 2.91 bits per heavy atom. The maximum Gasteiger partial charge on any atom is 0.263 e. The van der Waals surface area contributed by atoms with Gasteiger partial charge in [0.15, 0.2) is 6.61 Å². The Balaban J connectivity index is 2.56. The maximum atomic E-state index is 5.95. The minimum atomic E-state index is 0.704. The van der Waals surface area contributed by atoms with Gasteiger partial charge >= 0.3 is 0 Å². The Morgan fingerprint density at radius 2 is 2.09 bits per heavy atom. The zero-order chi connectivity index (χ0) is 7.68. The van der Waals surface area contributed by atoms with Gasteiger partial charge in [0.25, 0.3) is 5.75 Å². The van der Waals surface area contributed by atoms with Crippen LogP contribution in [0.1, 0.15) is 5.56 Å². The molecule has 1 aliphatic heterocycles. The van der Waals surface area contributed by atoms with Crippen LogP contribution in [-0.4, -0.2) is 11.3 Å². The molecule has 1 nitrogen and oxygen atoms in total. The van der Waals surface area contributed by atoms with E-state index in [1.165, 1.54) is 0 Å².